The van der Waals surface area contributed by atoms with E-state index in [1.54, 1.807) is 0 Å². The third kappa shape index (κ3) is 13.5. The van der Waals surface area contributed by atoms with Crippen molar-refractivity contribution < 1.29 is 9.47 Å². The molecule has 4 aromatic carbocycles. The van der Waals surface area contributed by atoms with Crippen LogP contribution in [0.1, 0.15) is 226 Å². The number of aryl methyl sites for hydroxylation is 2. The largest absolute Gasteiger partial charge is 0.457 e. The lowest BCUT2D eigenvalue weighted by Crippen LogP contribution is -2.12. The second-order valence-electron chi connectivity index (χ2n) is 18.7. The summed E-state index contributed by atoms with van der Waals surface area (Å²) in [5.41, 5.74) is 22.3. The van der Waals surface area contributed by atoms with E-state index in [9.17, 15) is 0 Å². The molecule has 2 aliphatic rings. The van der Waals surface area contributed by atoms with Gasteiger partial charge in [0, 0.05) is 17.3 Å². The van der Waals surface area contributed by atoms with Crippen LogP contribution in [0.5, 0.6) is 23.0 Å². The van der Waals surface area contributed by atoms with Gasteiger partial charge in [-0.15, -0.1) is 0 Å². The number of benzene rings is 4. The average molecular weight is 813 g/mol. The van der Waals surface area contributed by atoms with Crippen molar-refractivity contribution in [2.75, 3.05) is 11.5 Å². The van der Waals surface area contributed by atoms with Crippen LogP contribution in [0.25, 0.3) is 0 Å². The zero-order valence-corrected chi connectivity index (χ0v) is 38.0. The Balaban J connectivity index is 1.40. The van der Waals surface area contributed by atoms with Gasteiger partial charge in [-0.25, -0.2) is 0 Å². The molecule has 6 rings (SSSR count). The normalized spacial score (nSPS) is 15.1. The van der Waals surface area contributed by atoms with Gasteiger partial charge in [0.1, 0.15) is 23.0 Å². The molecule has 0 heterocycles. The Labute approximate surface area is 365 Å². The lowest BCUT2D eigenvalue weighted by atomic mass is 9.78. The topological polar surface area (TPSA) is 70.5 Å². The van der Waals surface area contributed by atoms with Crippen LogP contribution in [-0.4, -0.2) is 0 Å². The van der Waals surface area contributed by atoms with Gasteiger partial charge in [-0.05, 0) is 145 Å². The molecule has 0 spiro atoms. The van der Waals surface area contributed by atoms with Crippen molar-refractivity contribution in [1.29, 1.82) is 0 Å². The molecule has 60 heavy (non-hydrogen) atoms. The first kappa shape index (κ1) is 45.6. The van der Waals surface area contributed by atoms with Crippen molar-refractivity contribution in [2.24, 2.45) is 0 Å². The van der Waals surface area contributed by atoms with E-state index in [0.717, 1.165) is 47.2 Å². The van der Waals surface area contributed by atoms with Crippen molar-refractivity contribution in [3.05, 3.63) is 106 Å². The molecule has 4 nitrogen and oxygen atoms in total. The average Bonchev–Trinajstić information content (AvgIpc) is 3.28. The van der Waals surface area contributed by atoms with E-state index in [-0.39, 0.29) is 5.92 Å². The number of unbranched alkanes of at least 4 members (excludes halogenated alkanes) is 12. The molecule has 0 unspecified atom stereocenters. The fourth-order valence-corrected chi connectivity index (χ4v) is 10.1. The summed E-state index contributed by atoms with van der Waals surface area (Å²) in [6.07, 6.45) is 33.1. The number of ether oxygens (including phenoxy) is 2. The molecule has 2 aliphatic carbocycles. The number of hydrogen-bond donors (Lipinski definition) is 2. The van der Waals surface area contributed by atoms with Crippen LogP contribution in [0, 0.1) is 0 Å². The quantitative estimate of drug-likeness (QED) is 0.0546. The highest BCUT2D eigenvalue weighted by molar-refractivity contribution is 5.55. The zero-order chi connectivity index (χ0) is 41.9. The maximum absolute atomic E-state index is 7.00. The number of anilines is 2. The van der Waals surface area contributed by atoms with Crippen molar-refractivity contribution in [1.82, 2.24) is 0 Å². The summed E-state index contributed by atoms with van der Waals surface area (Å²) in [5, 5.41) is 0. The number of hydrogen-bond acceptors (Lipinski definition) is 4. The summed E-state index contributed by atoms with van der Waals surface area (Å²) in [5.74, 6) is 5.27. The molecule has 4 heteroatoms. The molecule has 0 bridgehead atoms. The lowest BCUT2D eigenvalue weighted by Gasteiger charge is -2.29. The van der Waals surface area contributed by atoms with Gasteiger partial charge in [-0.3, -0.25) is 0 Å². The van der Waals surface area contributed by atoms with Crippen molar-refractivity contribution >= 4 is 11.4 Å². The fourth-order valence-electron chi connectivity index (χ4n) is 10.1. The third-order valence-corrected chi connectivity index (χ3v) is 13.8. The molecular weight excluding hydrogens is 733 g/mol. The Bertz CT molecular complexity index is 1700. The smallest absolute Gasteiger partial charge is 0.134 e. The molecule has 0 atom stereocenters. The first-order valence-corrected chi connectivity index (χ1v) is 24.8. The Hall–Kier alpha value is -3.92. The monoisotopic (exact) mass is 813 g/mol. The lowest BCUT2D eigenvalue weighted by molar-refractivity contribution is 0.415. The summed E-state index contributed by atoms with van der Waals surface area (Å²) in [6.45, 7) is 7.08. The van der Waals surface area contributed by atoms with E-state index in [1.165, 1.54) is 187 Å². The number of rotatable bonds is 24. The summed E-state index contributed by atoms with van der Waals surface area (Å²) < 4.78 is 14.0. The van der Waals surface area contributed by atoms with E-state index in [2.05, 4.69) is 45.0 Å². The van der Waals surface area contributed by atoms with Crippen molar-refractivity contribution in [2.45, 2.75) is 205 Å². The fraction of sp³-hybridized carbons (Fsp3) is 0.571. The van der Waals surface area contributed by atoms with Gasteiger partial charge < -0.3 is 20.9 Å². The van der Waals surface area contributed by atoms with Crippen LogP contribution in [-0.2, 0) is 12.8 Å². The Kier molecular flexibility index (Phi) is 18.6. The standard InChI is InChI=1S/C56H80N2O2/c1-4-6-8-10-12-14-18-28-45-38-47(40-53(43-24-20-16-21-25-43)55(45)59-51-34-30-49(57)31-35-51)42(3)48-39-46(29-19-15-13-11-9-7-5-2)56(60-52-36-32-50(58)33-37-52)54(41-48)44-26-22-17-23-27-44/h30-44H,4-29,57-58H2,1-3H3. The minimum absolute atomic E-state index is 0.242. The highest BCUT2D eigenvalue weighted by Gasteiger charge is 2.28. The first-order valence-electron chi connectivity index (χ1n) is 24.8. The summed E-state index contributed by atoms with van der Waals surface area (Å²) >= 11 is 0. The van der Waals surface area contributed by atoms with E-state index in [4.69, 9.17) is 20.9 Å². The highest BCUT2D eigenvalue weighted by Crippen LogP contribution is 2.47. The SMILES string of the molecule is CCCCCCCCCc1cc(C(C)c2cc(CCCCCCCCC)c(Oc3ccc(N)cc3)c(C3CCCCC3)c2)cc(C2CCCCC2)c1Oc1ccc(N)cc1. The zero-order valence-electron chi connectivity index (χ0n) is 38.0. The maximum Gasteiger partial charge on any atom is 0.134 e. The third-order valence-electron chi connectivity index (χ3n) is 13.8. The second kappa shape index (κ2) is 24.5. The molecule has 0 amide bonds. The van der Waals surface area contributed by atoms with Crippen molar-refractivity contribution in [3.63, 3.8) is 0 Å². The van der Waals surface area contributed by atoms with Crippen LogP contribution in [0.15, 0.2) is 72.8 Å². The van der Waals surface area contributed by atoms with E-state index in [1.807, 2.05) is 48.5 Å². The highest BCUT2D eigenvalue weighted by atomic mass is 16.5. The van der Waals surface area contributed by atoms with E-state index in [0.29, 0.717) is 11.8 Å². The van der Waals surface area contributed by atoms with Gasteiger partial charge in [0.2, 0.25) is 0 Å². The number of nitrogens with two attached hydrogens (primary N) is 2. The Morgan fingerprint density at radius 2 is 0.817 bits per heavy atom. The van der Waals surface area contributed by atoms with Crippen LogP contribution in [0.3, 0.4) is 0 Å². The van der Waals surface area contributed by atoms with Gasteiger partial charge in [0.25, 0.3) is 0 Å². The Morgan fingerprint density at radius 3 is 1.18 bits per heavy atom. The molecule has 326 valence electrons. The van der Waals surface area contributed by atoms with E-state index < -0.39 is 0 Å². The minimum atomic E-state index is 0.242. The van der Waals surface area contributed by atoms with Gasteiger partial charge in [0.15, 0.2) is 0 Å². The Morgan fingerprint density at radius 1 is 0.467 bits per heavy atom. The maximum atomic E-state index is 7.00. The molecule has 4 aromatic rings. The van der Waals surface area contributed by atoms with Crippen LogP contribution in [0.2, 0.25) is 0 Å². The van der Waals surface area contributed by atoms with Gasteiger partial charge in [-0.2, -0.15) is 0 Å². The molecule has 2 saturated carbocycles. The summed E-state index contributed by atoms with van der Waals surface area (Å²) in [7, 11) is 0. The van der Waals surface area contributed by atoms with Gasteiger partial charge in [0.05, 0.1) is 0 Å². The van der Waals surface area contributed by atoms with Crippen LogP contribution >= 0.6 is 0 Å². The second-order valence-corrected chi connectivity index (χ2v) is 18.7. The summed E-state index contributed by atoms with van der Waals surface area (Å²) in [6, 6.07) is 26.3. The molecule has 0 aliphatic heterocycles. The molecule has 4 N–H and O–H groups in total. The number of nitrogen functional groups attached to an aromatic ring is 2. The predicted octanol–water partition coefficient (Wildman–Crippen LogP) is 17.3. The predicted molar refractivity (Wildman–Crippen MR) is 257 cm³/mol. The first-order chi connectivity index (χ1) is 29.4. The molecule has 0 saturated heterocycles. The van der Waals surface area contributed by atoms with Crippen molar-refractivity contribution in [3.8, 4) is 23.0 Å². The van der Waals surface area contributed by atoms with Crippen LogP contribution < -0.4 is 20.9 Å². The minimum Gasteiger partial charge on any atom is -0.457 e. The van der Waals surface area contributed by atoms with Gasteiger partial charge in [-0.1, -0.05) is 161 Å². The molecule has 2 fully saturated rings. The molecular formula is C56H80N2O2. The van der Waals surface area contributed by atoms with Crippen LogP contribution in [0.4, 0.5) is 11.4 Å². The molecule has 0 aromatic heterocycles. The summed E-state index contributed by atoms with van der Waals surface area (Å²) in [4.78, 5) is 0. The molecule has 0 radical (unpaired) electrons. The van der Waals surface area contributed by atoms with E-state index >= 15 is 0 Å². The van der Waals surface area contributed by atoms with Gasteiger partial charge >= 0.3 is 0 Å².